The van der Waals surface area contributed by atoms with E-state index in [0.717, 1.165) is 10.4 Å². The molecule has 0 aliphatic heterocycles. The molecule has 0 fully saturated rings. The lowest BCUT2D eigenvalue weighted by Gasteiger charge is -2.02. The van der Waals surface area contributed by atoms with Crippen LogP contribution in [0.15, 0.2) is 30.3 Å². The molecular formula is C8H10Cl3N. The van der Waals surface area contributed by atoms with Gasteiger partial charge in [0, 0.05) is 6.54 Å². The maximum absolute atomic E-state index is 5.43. The molecule has 0 aromatic heterocycles. The maximum Gasteiger partial charge on any atom is 0.0344 e. The van der Waals surface area contributed by atoms with E-state index in [0.29, 0.717) is 6.54 Å². The van der Waals surface area contributed by atoms with Gasteiger partial charge in [-0.3, -0.25) is 0 Å². The molecule has 0 aliphatic rings. The second-order valence-corrected chi connectivity index (χ2v) is 3.25. The van der Waals surface area contributed by atoms with Gasteiger partial charge in [-0.15, -0.1) is 16.3 Å². The predicted molar refractivity (Wildman–Crippen MR) is 55.8 cm³/mol. The SMILES string of the molecule is Cl.ClN(Cl)CCc1ccccc1. The second kappa shape index (κ2) is 6.55. The van der Waals surface area contributed by atoms with Crippen molar-refractivity contribution in [2.45, 2.75) is 6.42 Å². The van der Waals surface area contributed by atoms with Crippen LogP contribution < -0.4 is 0 Å². The zero-order chi connectivity index (χ0) is 8.10. The summed E-state index contributed by atoms with van der Waals surface area (Å²) in [6.07, 6.45) is 0.883. The molecule has 0 atom stereocenters. The minimum atomic E-state index is 0. The maximum atomic E-state index is 5.43. The van der Waals surface area contributed by atoms with Gasteiger partial charge < -0.3 is 0 Å². The van der Waals surface area contributed by atoms with Crippen molar-refractivity contribution >= 4 is 36.0 Å². The predicted octanol–water partition coefficient (Wildman–Crippen LogP) is 3.26. The molecule has 0 radical (unpaired) electrons. The van der Waals surface area contributed by atoms with E-state index in [2.05, 4.69) is 12.1 Å². The molecule has 0 aliphatic carbocycles. The molecule has 0 unspecified atom stereocenters. The molecule has 1 rings (SSSR count). The van der Waals surface area contributed by atoms with Gasteiger partial charge in [0.25, 0.3) is 0 Å². The third kappa shape index (κ3) is 4.83. The fourth-order valence-electron chi connectivity index (χ4n) is 0.858. The molecule has 0 heterocycles. The average Bonchev–Trinajstić information content (AvgIpc) is 2.03. The summed E-state index contributed by atoms with van der Waals surface area (Å²) in [5.74, 6) is 0. The van der Waals surface area contributed by atoms with Crippen molar-refractivity contribution in [1.29, 1.82) is 0 Å². The van der Waals surface area contributed by atoms with E-state index in [-0.39, 0.29) is 12.4 Å². The summed E-state index contributed by atoms with van der Waals surface area (Å²) in [5, 5.41) is 0. The van der Waals surface area contributed by atoms with Crippen molar-refractivity contribution in [2.24, 2.45) is 0 Å². The highest BCUT2D eigenvalue weighted by Crippen LogP contribution is 2.04. The van der Waals surface area contributed by atoms with Crippen molar-refractivity contribution in [3.8, 4) is 0 Å². The number of nitrogens with zero attached hydrogens (tertiary/aromatic N) is 1. The van der Waals surface area contributed by atoms with E-state index in [1.54, 1.807) is 0 Å². The van der Waals surface area contributed by atoms with Gasteiger partial charge in [0.1, 0.15) is 0 Å². The molecule has 0 amide bonds. The van der Waals surface area contributed by atoms with Crippen LogP contribution in [0.5, 0.6) is 0 Å². The van der Waals surface area contributed by atoms with Crippen LogP contribution in [0.3, 0.4) is 0 Å². The van der Waals surface area contributed by atoms with E-state index in [4.69, 9.17) is 23.6 Å². The third-order valence-electron chi connectivity index (χ3n) is 1.41. The smallest absolute Gasteiger partial charge is 0.0344 e. The molecule has 1 nitrogen and oxygen atoms in total. The Bertz CT molecular complexity index is 201. The summed E-state index contributed by atoms with van der Waals surface area (Å²) in [5.41, 5.74) is 1.25. The first-order valence-electron chi connectivity index (χ1n) is 3.42. The van der Waals surface area contributed by atoms with Crippen LogP contribution >= 0.6 is 36.0 Å². The molecule has 68 valence electrons. The zero-order valence-electron chi connectivity index (χ0n) is 6.41. The Kier molecular flexibility index (Phi) is 6.58. The van der Waals surface area contributed by atoms with Gasteiger partial charge in [0.05, 0.1) is 0 Å². The highest BCUT2D eigenvalue weighted by Gasteiger charge is 1.95. The minimum Gasteiger partial charge on any atom is -0.147 e. The van der Waals surface area contributed by atoms with E-state index in [9.17, 15) is 0 Å². The topological polar surface area (TPSA) is 3.24 Å². The van der Waals surface area contributed by atoms with E-state index in [1.165, 1.54) is 5.56 Å². The fourth-order valence-corrected chi connectivity index (χ4v) is 1.03. The molecule has 0 saturated heterocycles. The normalized spacial score (nSPS) is 9.58. The fraction of sp³-hybridized carbons (Fsp3) is 0.250. The van der Waals surface area contributed by atoms with Gasteiger partial charge in [0.15, 0.2) is 0 Å². The molecule has 4 heteroatoms. The van der Waals surface area contributed by atoms with Gasteiger partial charge in [-0.25, -0.2) is 0 Å². The standard InChI is InChI=1S/C8H9Cl2N.ClH/c9-11(10)7-6-8-4-2-1-3-5-8;/h1-5H,6-7H2;1H. The Balaban J connectivity index is 0.00000121. The Morgan fingerprint density at radius 2 is 1.67 bits per heavy atom. The summed E-state index contributed by atoms with van der Waals surface area (Å²) >= 11 is 10.9. The first kappa shape index (κ1) is 12.0. The number of benzene rings is 1. The summed E-state index contributed by atoms with van der Waals surface area (Å²) in [6, 6.07) is 10.1. The molecule has 0 spiro atoms. The summed E-state index contributed by atoms with van der Waals surface area (Å²) in [4.78, 5) is 0. The first-order chi connectivity index (χ1) is 5.29. The Morgan fingerprint density at radius 1 is 1.08 bits per heavy atom. The van der Waals surface area contributed by atoms with Crippen molar-refractivity contribution in [3.05, 3.63) is 35.9 Å². The summed E-state index contributed by atoms with van der Waals surface area (Å²) in [7, 11) is 0. The monoisotopic (exact) mass is 225 g/mol. The van der Waals surface area contributed by atoms with Crippen molar-refractivity contribution in [3.63, 3.8) is 0 Å². The zero-order valence-corrected chi connectivity index (χ0v) is 8.74. The lowest BCUT2D eigenvalue weighted by atomic mass is 10.2. The van der Waals surface area contributed by atoms with Crippen LogP contribution in [0, 0.1) is 0 Å². The molecule has 1 aromatic rings. The van der Waals surface area contributed by atoms with E-state index in [1.807, 2.05) is 18.2 Å². The number of hydrogen-bond donors (Lipinski definition) is 0. The minimum absolute atomic E-state index is 0. The molecule has 12 heavy (non-hydrogen) atoms. The highest BCUT2D eigenvalue weighted by molar-refractivity contribution is 6.33. The van der Waals surface area contributed by atoms with Gasteiger partial charge >= 0.3 is 0 Å². The quantitative estimate of drug-likeness (QED) is 0.715. The van der Waals surface area contributed by atoms with Crippen LogP contribution in [0.4, 0.5) is 0 Å². The second-order valence-electron chi connectivity index (χ2n) is 2.26. The Morgan fingerprint density at radius 3 is 2.17 bits per heavy atom. The third-order valence-corrected chi connectivity index (χ3v) is 1.75. The van der Waals surface area contributed by atoms with Crippen molar-refractivity contribution in [1.82, 2.24) is 3.94 Å². The van der Waals surface area contributed by atoms with Crippen LogP contribution in [-0.2, 0) is 6.42 Å². The van der Waals surface area contributed by atoms with Crippen LogP contribution in [-0.4, -0.2) is 10.5 Å². The lowest BCUT2D eigenvalue weighted by Crippen LogP contribution is -2.02. The largest absolute Gasteiger partial charge is 0.147 e. The van der Waals surface area contributed by atoms with Crippen molar-refractivity contribution in [2.75, 3.05) is 6.54 Å². The van der Waals surface area contributed by atoms with Crippen LogP contribution in [0.1, 0.15) is 5.56 Å². The van der Waals surface area contributed by atoms with E-state index < -0.39 is 0 Å². The number of hydrogen-bond acceptors (Lipinski definition) is 1. The molecule has 0 saturated carbocycles. The number of rotatable bonds is 3. The Hall–Kier alpha value is 0.0500. The van der Waals surface area contributed by atoms with Crippen LogP contribution in [0.25, 0.3) is 0 Å². The van der Waals surface area contributed by atoms with Gasteiger partial charge in [-0.2, -0.15) is 0 Å². The highest BCUT2D eigenvalue weighted by atomic mass is 35.5. The lowest BCUT2D eigenvalue weighted by molar-refractivity contribution is 0.694. The van der Waals surface area contributed by atoms with Gasteiger partial charge in [-0.05, 0) is 35.5 Å². The molecule has 0 bridgehead atoms. The van der Waals surface area contributed by atoms with Crippen LogP contribution in [0.2, 0.25) is 0 Å². The van der Waals surface area contributed by atoms with Gasteiger partial charge in [-0.1, -0.05) is 30.3 Å². The average molecular weight is 227 g/mol. The molecular weight excluding hydrogens is 216 g/mol. The number of halogens is 3. The summed E-state index contributed by atoms with van der Waals surface area (Å²) in [6.45, 7) is 0.660. The van der Waals surface area contributed by atoms with E-state index >= 15 is 0 Å². The van der Waals surface area contributed by atoms with Crippen molar-refractivity contribution < 1.29 is 0 Å². The molecule has 1 aromatic carbocycles. The summed E-state index contributed by atoms with van der Waals surface area (Å²) < 4.78 is 1.15. The first-order valence-corrected chi connectivity index (χ1v) is 4.09. The Labute approximate surface area is 88.9 Å². The molecule has 0 N–H and O–H groups in total. The van der Waals surface area contributed by atoms with Gasteiger partial charge in [0.2, 0.25) is 0 Å².